The molecule has 154 valence electrons. The third-order valence-corrected chi connectivity index (χ3v) is 5.19. The van der Waals surface area contributed by atoms with E-state index >= 15 is 0 Å². The molecule has 0 spiro atoms. The van der Waals surface area contributed by atoms with E-state index in [4.69, 9.17) is 22.6 Å². The van der Waals surface area contributed by atoms with Gasteiger partial charge in [0.1, 0.15) is 17.9 Å². The van der Waals surface area contributed by atoms with Crippen LogP contribution in [0.25, 0.3) is 5.52 Å². The molecule has 5 N–H and O–H groups in total. The number of anilines is 2. The number of rotatable bonds is 5. The molecule has 9 nitrogen and oxygen atoms in total. The summed E-state index contributed by atoms with van der Waals surface area (Å²) >= 11 is 0. The third kappa shape index (κ3) is 4.20. The molecule has 4 rings (SSSR count). The smallest absolute Gasteiger partial charge is 0.404 e. The molecule has 0 saturated carbocycles. The fraction of sp³-hybridized carbons (Fsp3) is 0.286. The number of ether oxygens (including phenoxy) is 1. The molecule has 1 amide bonds. The highest BCUT2D eigenvalue weighted by atomic mass is 16.6. The second-order valence-electron chi connectivity index (χ2n) is 7.26. The van der Waals surface area contributed by atoms with E-state index in [-0.39, 0.29) is 6.04 Å². The summed E-state index contributed by atoms with van der Waals surface area (Å²) in [5.74, 6) is 3.31. The number of piperidine rings is 1. The molecular weight excluding hydrogens is 382 g/mol. The van der Waals surface area contributed by atoms with E-state index in [0.29, 0.717) is 25.3 Å². The Kier molecular flexibility index (Phi) is 5.52. The molecule has 0 aliphatic carbocycles. The SMILES string of the molecule is C#Cc1cccc(Nc2ncnn3ccc(CN4CC[C@@H](N)[C@@H](OC(N)=O)C4)c23)c1. The predicted octanol–water partition coefficient (Wildman–Crippen LogP) is 1.45. The molecular formula is C21H23N7O2. The summed E-state index contributed by atoms with van der Waals surface area (Å²) < 4.78 is 6.96. The van der Waals surface area contributed by atoms with E-state index in [0.717, 1.165) is 28.9 Å². The zero-order valence-electron chi connectivity index (χ0n) is 16.4. The number of nitrogens with one attached hydrogen (secondary N) is 1. The second-order valence-corrected chi connectivity index (χ2v) is 7.26. The summed E-state index contributed by atoms with van der Waals surface area (Å²) in [6.45, 7) is 1.94. The number of carbonyl (C=O) groups is 1. The Hall–Kier alpha value is -3.61. The Labute approximate surface area is 174 Å². The number of nitrogens with two attached hydrogens (primary N) is 2. The van der Waals surface area contributed by atoms with Crippen molar-refractivity contribution in [3.05, 3.63) is 54.0 Å². The average molecular weight is 405 g/mol. The van der Waals surface area contributed by atoms with Crippen LogP contribution in [0, 0.1) is 12.3 Å². The van der Waals surface area contributed by atoms with Gasteiger partial charge in [0.25, 0.3) is 0 Å². The number of amides is 1. The maximum absolute atomic E-state index is 11.2. The van der Waals surface area contributed by atoms with Gasteiger partial charge in [0.2, 0.25) is 0 Å². The summed E-state index contributed by atoms with van der Waals surface area (Å²) in [5, 5.41) is 7.64. The van der Waals surface area contributed by atoms with Crippen molar-refractivity contribution in [1.29, 1.82) is 0 Å². The summed E-state index contributed by atoms with van der Waals surface area (Å²) in [6.07, 6.45) is 8.38. The highest BCUT2D eigenvalue weighted by Crippen LogP contribution is 2.25. The Morgan fingerprint density at radius 1 is 1.40 bits per heavy atom. The minimum absolute atomic E-state index is 0.219. The first-order valence-corrected chi connectivity index (χ1v) is 9.62. The lowest BCUT2D eigenvalue weighted by molar-refractivity contribution is 0.0313. The lowest BCUT2D eigenvalue weighted by Gasteiger charge is -2.35. The van der Waals surface area contributed by atoms with Gasteiger partial charge in [-0.05, 0) is 36.2 Å². The molecule has 1 fully saturated rings. The topological polar surface area (TPSA) is 124 Å². The van der Waals surface area contributed by atoms with E-state index in [9.17, 15) is 4.79 Å². The van der Waals surface area contributed by atoms with E-state index in [1.165, 1.54) is 6.33 Å². The largest absolute Gasteiger partial charge is 0.443 e. The van der Waals surface area contributed by atoms with Gasteiger partial charge in [0, 0.05) is 43.1 Å². The summed E-state index contributed by atoms with van der Waals surface area (Å²) in [6, 6.07) is 9.37. The number of hydrogen-bond acceptors (Lipinski definition) is 7. The van der Waals surface area contributed by atoms with Crippen LogP contribution >= 0.6 is 0 Å². The number of hydrogen-bond donors (Lipinski definition) is 3. The van der Waals surface area contributed by atoms with Crippen LogP contribution in [0.1, 0.15) is 17.5 Å². The lowest BCUT2D eigenvalue weighted by atomic mass is 10.0. The van der Waals surface area contributed by atoms with Crippen LogP contribution in [0.15, 0.2) is 42.9 Å². The normalized spacial score (nSPS) is 19.3. The van der Waals surface area contributed by atoms with Crippen molar-refractivity contribution < 1.29 is 9.53 Å². The molecule has 0 radical (unpaired) electrons. The zero-order chi connectivity index (χ0) is 21.1. The molecule has 2 aromatic heterocycles. The van der Waals surface area contributed by atoms with Crippen LogP contribution in [-0.4, -0.2) is 50.8 Å². The number of aromatic nitrogens is 3. The van der Waals surface area contributed by atoms with Crippen LogP contribution in [0.3, 0.4) is 0 Å². The number of nitrogens with zero attached hydrogens (tertiary/aromatic N) is 4. The Morgan fingerprint density at radius 3 is 3.07 bits per heavy atom. The van der Waals surface area contributed by atoms with E-state index < -0.39 is 12.2 Å². The summed E-state index contributed by atoms with van der Waals surface area (Å²) in [5.41, 5.74) is 14.8. The minimum Gasteiger partial charge on any atom is -0.443 e. The molecule has 2 atom stereocenters. The molecule has 1 aliphatic heterocycles. The predicted molar refractivity (Wildman–Crippen MR) is 113 cm³/mol. The highest BCUT2D eigenvalue weighted by molar-refractivity contribution is 5.76. The highest BCUT2D eigenvalue weighted by Gasteiger charge is 2.29. The zero-order valence-corrected chi connectivity index (χ0v) is 16.4. The number of benzene rings is 1. The Balaban J connectivity index is 1.58. The first-order valence-electron chi connectivity index (χ1n) is 9.62. The van der Waals surface area contributed by atoms with Crippen molar-refractivity contribution in [2.75, 3.05) is 18.4 Å². The van der Waals surface area contributed by atoms with Crippen LogP contribution in [0.2, 0.25) is 0 Å². The molecule has 0 bridgehead atoms. The molecule has 30 heavy (non-hydrogen) atoms. The fourth-order valence-electron chi connectivity index (χ4n) is 3.72. The molecule has 1 aliphatic rings. The van der Waals surface area contributed by atoms with Crippen molar-refractivity contribution in [3.63, 3.8) is 0 Å². The molecule has 9 heteroatoms. The molecule has 1 saturated heterocycles. The van der Waals surface area contributed by atoms with Gasteiger partial charge >= 0.3 is 6.09 Å². The first-order chi connectivity index (χ1) is 14.5. The quantitative estimate of drug-likeness (QED) is 0.549. The number of likely N-dealkylation sites (tertiary alicyclic amines) is 1. The molecule has 1 aromatic carbocycles. The molecule has 0 unspecified atom stereocenters. The van der Waals surface area contributed by atoms with Gasteiger partial charge in [-0.3, -0.25) is 4.90 Å². The van der Waals surface area contributed by atoms with Crippen LogP contribution < -0.4 is 16.8 Å². The maximum atomic E-state index is 11.2. The Bertz CT molecular complexity index is 1100. The molecule has 3 aromatic rings. The summed E-state index contributed by atoms with van der Waals surface area (Å²) in [7, 11) is 0. The van der Waals surface area contributed by atoms with Gasteiger partial charge in [-0.15, -0.1) is 6.42 Å². The fourth-order valence-corrected chi connectivity index (χ4v) is 3.72. The van der Waals surface area contributed by atoms with Gasteiger partial charge in [0.05, 0.1) is 0 Å². The first kappa shape index (κ1) is 19.7. The average Bonchev–Trinajstić information content (AvgIpc) is 3.14. The van der Waals surface area contributed by atoms with E-state index in [2.05, 4.69) is 26.2 Å². The van der Waals surface area contributed by atoms with Gasteiger partial charge in [0.15, 0.2) is 5.82 Å². The standard InChI is InChI=1S/C21H23N7O2/c1-2-14-4-3-5-16(10-14)26-20-19-15(6-9-28(19)25-13-24-20)11-27-8-7-17(22)18(12-27)30-21(23)29/h1,3-6,9-10,13,17-18H,7-8,11-12,22H2,(H2,23,29)(H,24,25,26)/t17-,18+/m1/s1. The van der Waals surface area contributed by atoms with E-state index in [1.54, 1.807) is 4.52 Å². The van der Waals surface area contributed by atoms with Crippen molar-refractivity contribution >= 4 is 23.1 Å². The lowest BCUT2D eigenvalue weighted by Crippen LogP contribution is -2.52. The second kappa shape index (κ2) is 8.41. The van der Waals surface area contributed by atoms with Crippen molar-refractivity contribution in [3.8, 4) is 12.3 Å². The summed E-state index contributed by atoms with van der Waals surface area (Å²) in [4.78, 5) is 17.8. The van der Waals surface area contributed by atoms with Crippen LogP contribution in [0.5, 0.6) is 0 Å². The van der Waals surface area contributed by atoms with Gasteiger partial charge in [-0.25, -0.2) is 14.3 Å². The van der Waals surface area contributed by atoms with Crippen molar-refractivity contribution in [2.45, 2.75) is 25.1 Å². The van der Waals surface area contributed by atoms with Crippen molar-refractivity contribution in [1.82, 2.24) is 19.5 Å². The van der Waals surface area contributed by atoms with E-state index in [1.807, 2.05) is 36.5 Å². The minimum atomic E-state index is -0.805. The van der Waals surface area contributed by atoms with Crippen molar-refractivity contribution in [2.24, 2.45) is 11.5 Å². The van der Waals surface area contributed by atoms with Crippen LogP contribution in [0.4, 0.5) is 16.3 Å². The third-order valence-electron chi connectivity index (χ3n) is 5.19. The Morgan fingerprint density at radius 2 is 2.27 bits per heavy atom. The monoisotopic (exact) mass is 405 g/mol. The van der Waals surface area contributed by atoms with Crippen LogP contribution in [-0.2, 0) is 11.3 Å². The molecule has 3 heterocycles. The number of terminal acetylenes is 1. The van der Waals surface area contributed by atoms with Gasteiger partial charge in [-0.2, -0.15) is 5.10 Å². The number of primary amides is 1. The number of carbonyl (C=O) groups excluding carboxylic acids is 1. The maximum Gasteiger partial charge on any atom is 0.404 e. The van der Waals surface area contributed by atoms with Gasteiger partial charge in [-0.1, -0.05) is 12.0 Å². The van der Waals surface area contributed by atoms with Gasteiger partial charge < -0.3 is 21.5 Å². The number of fused-ring (bicyclic) bond motifs is 1.